The molecular formula is C15H9ClF4N4. The molecule has 3 heterocycles. The number of aryl methyl sites for hydroxylation is 1. The number of hydrogen-bond donors (Lipinski definition) is 0. The number of halogens is 5. The van der Waals surface area contributed by atoms with Gasteiger partial charge >= 0.3 is 0 Å². The molecule has 0 bridgehead atoms. The average molecular weight is 357 g/mol. The van der Waals surface area contributed by atoms with E-state index < -0.39 is 24.1 Å². The number of fused-ring (bicyclic) bond motifs is 3. The lowest BCUT2D eigenvalue weighted by Gasteiger charge is -2.13. The van der Waals surface area contributed by atoms with Gasteiger partial charge in [0, 0.05) is 12.0 Å². The summed E-state index contributed by atoms with van der Waals surface area (Å²) in [6.45, 7) is 0. The van der Waals surface area contributed by atoms with E-state index in [1.54, 1.807) is 0 Å². The van der Waals surface area contributed by atoms with E-state index in [0.29, 0.717) is 12.2 Å². The molecule has 9 heteroatoms. The van der Waals surface area contributed by atoms with Crippen molar-refractivity contribution >= 4 is 22.6 Å². The minimum absolute atomic E-state index is 0.0142. The quantitative estimate of drug-likeness (QED) is 0.511. The van der Waals surface area contributed by atoms with Gasteiger partial charge in [0.2, 0.25) is 5.28 Å². The second-order valence-corrected chi connectivity index (χ2v) is 5.84. The number of aromatic nitrogens is 4. The SMILES string of the molecule is Fc1cnc(Cl)nc1-c1cc(F)c2nc3n(c2c1)[C@@H](C(F)F)CC3. The topological polar surface area (TPSA) is 43.6 Å². The van der Waals surface area contributed by atoms with Crippen molar-refractivity contribution in [2.75, 3.05) is 0 Å². The molecule has 124 valence electrons. The lowest BCUT2D eigenvalue weighted by Crippen LogP contribution is -2.12. The van der Waals surface area contributed by atoms with Crippen molar-refractivity contribution in [3.8, 4) is 11.3 Å². The van der Waals surface area contributed by atoms with Gasteiger partial charge in [0.05, 0.1) is 17.8 Å². The third-order valence-corrected chi connectivity index (χ3v) is 4.28. The van der Waals surface area contributed by atoms with Crippen LogP contribution in [-0.4, -0.2) is 25.9 Å². The Hall–Kier alpha value is -2.22. The minimum Gasteiger partial charge on any atom is -0.319 e. The molecule has 0 unspecified atom stereocenters. The molecule has 0 saturated heterocycles. The number of hydrogen-bond acceptors (Lipinski definition) is 3. The highest BCUT2D eigenvalue weighted by Crippen LogP contribution is 2.37. The van der Waals surface area contributed by atoms with Crippen LogP contribution in [0.15, 0.2) is 18.3 Å². The summed E-state index contributed by atoms with van der Waals surface area (Å²) in [5, 5.41) is -0.198. The molecule has 0 spiro atoms. The van der Waals surface area contributed by atoms with Crippen molar-refractivity contribution < 1.29 is 17.6 Å². The monoisotopic (exact) mass is 356 g/mol. The Morgan fingerprint density at radius 3 is 2.71 bits per heavy atom. The van der Waals surface area contributed by atoms with Crippen molar-refractivity contribution in [2.45, 2.75) is 25.3 Å². The maximum Gasteiger partial charge on any atom is 0.259 e. The highest BCUT2D eigenvalue weighted by molar-refractivity contribution is 6.28. The van der Waals surface area contributed by atoms with Crippen molar-refractivity contribution in [3.63, 3.8) is 0 Å². The van der Waals surface area contributed by atoms with Gasteiger partial charge in [0.15, 0.2) is 11.6 Å². The zero-order valence-electron chi connectivity index (χ0n) is 12.0. The van der Waals surface area contributed by atoms with Crippen molar-refractivity contribution in [1.82, 2.24) is 19.5 Å². The van der Waals surface area contributed by atoms with Gasteiger partial charge in [-0.25, -0.2) is 32.5 Å². The fourth-order valence-electron chi connectivity index (χ4n) is 3.08. The summed E-state index contributed by atoms with van der Waals surface area (Å²) in [6.07, 6.45) is -1.16. The number of nitrogens with zero attached hydrogens (tertiary/aromatic N) is 4. The van der Waals surface area contributed by atoms with Gasteiger partial charge in [-0.05, 0) is 30.2 Å². The van der Waals surface area contributed by atoms with Crippen LogP contribution in [0.3, 0.4) is 0 Å². The van der Waals surface area contributed by atoms with E-state index >= 15 is 0 Å². The van der Waals surface area contributed by atoms with Gasteiger partial charge in [0.1, 0.15) is 17.0 Å². The number of alkyl halides is 2. The van der Waals surface area contributed by atoms with Crippen LogP contribution < -0.4 is 0 Å². The molecule has 1 aliphatic heterocycles. The fourth-order valence-corrected chi connectivity index (χ4v) is 3.21. The highest BCUT2D eigenvalue weighted by atomic mass is 35.5. The molecule has 1 aromatic carbocycles. The Bertz CT molecular complexity index is 956. The molecule has 0 N–H and O–H groups in total. The first kappa shape index (κ1) is 15.3. The lowest BCUT2D eigenvalue weighted by atomic mass is 10.1. The molecule has 2 aromatic heterocycles. The number of rotatable bonds is 2. The van der Waals surface area contributed by atoms with Gasteiger partial charge in [-0.1, -0.05) is 0 Å². The first-order valence-corrected chi connectivity index (χ1v) is 7.50. The molecule has 0 aliphatic carbocycles. The van der Waals surface area contributed by atoms with Gasteiger partial charge in [-0.2, -0.15) is 0 Å². The molecule has 0 fully saturated rings. The Labute approximate surface area is 138 Å². The first-order valence-electron chi connectivity index (χ1n) is 7.12. The first-order chi connectivity index (χ1) is 11.5. The third-order valence-electron chi connectivity index (χ3n) is 4.10. The van der Waals surface area contributed by atoms with Crippen molar-refractivity contribution in [1.29, 1.82) is 0 Å². The number of imidazole rings is 1. The van der Waals surface area contributed by atoms with E-state index in [2.05, 4.69) is 15.0 Å². The van der Waals surface area contributed by atoms with Crippen LogP contribution in [0.4, 0.5) is 17.6 Å². The van der Waals surface area contributed by atoms with Gasteiger partial charge in [-0.3, -0.25) is 0 Å². The third kappa shape index (κ3) is 2.24. The summed E-state index contributed by atoms with van der Waals surface area (Å²) in [7, 11) is 0. The van der Waals surface area contributed by atoms with E-state index in [4.69, 9.17) is 11.6 Å². The predicted molar refractivity (Wildman–Crippen MR) is 79.0 cm³/mol. The van der Waals surface area contributed by atoms with Crippen LogP contribution in [0.25, 0.3) is 22.3 Å². The van der Waals surface area contributed by atoms with E-state index in [0.717, 1.165) is 12.3 Å². The van der Waals surface area contributed by atoms with Crippen LogP contribution in [0, 0.1) is 11.6 Å². The zero-order chi connectivity index (χ0) is 17.0. The van der Waals surface area contributed by atoms with Gasteiger partial charge in [-0.15, -0.1) is 0 Å². The minimum atomic E-state index is -2.60. The molecule has 1 aliphatic rings. The standard InChI is InChI=1S/C15H9ClF4N4/c16-15-21-5-8(18)12(23-15)6-3-7(17)13-10(4-6)24-9(14(19)20)1-2-11(24)22-13/h3-5,9,14H,1-2H2/t9-/m1/s1. The molecule has 3 aromatic rings. The summed E-state index contributed by atoms with van der Waals surface area (Å²) < 4.78 is 56.1. The number of benzene rings is 1. The maximum atomic E-state index is 14.4. The fraction of sp³-hybridized carbons (Fsp3) is 0.267. The smallest absolute Gasteiger partial charge is 0.259 e. The van der Waals surface area contributed by atoms with Crippen LogP contribution >= 0.6 is 11.6 Å². The molecule has 4 nitrogen and oxygen atoms in total. The Morgan fingerprint density at radius 2 is 1.96 bits per heavy atom. The van der Waals surface area contributed by atoms with Crippen LogP contribution in [0.2, 0.25) is 5.28 Å². The van der Waals surface area contributed by atoms with Gasteiger partial charge < -0.3 is 4.57 Å². The van der Waals surface area contributed by atoms with E-state index in [1.807, 2.05) is 0 Å². The summed E-state index contributed by atoms with van der Waals surface area (Å²) in [5.74, 6) is -1.12. The largest absolute Gasteiger partial charge is 0.319 e. The van der Waals surface area contributed by atoms with Crippen molar-refractivity contribution in [2.24, 2.45) is 0 Å². The normalized spacial score (nSPS) is 17.0. The Balaban J connectivity index is 1.97. The van der Waals surface area contributed by atoms with Crippen LogP contribution in [-0.2, 0) is 6.42 Å². The second-order valence-electron chi connectivity index (χ2n) is 5.50. The Morgan fingerprint density at radius 1 is 1.17 bits per heavy atom. The highest BCUT2D eigenvalue weighted by Gasteiger charge is 2.33. The predicted octanol–water partition coefficient (Wildman–Crippen LogP) is 4.18. The summed E-state index contributed by atoms with van der Waals surface area (Å²) >= 11 is 5.66. The van der Waals surface area contributed by atoms with E-state index in [-0.39, 0.29) is 34.0 Å². The van der Waals surface area contributed by atoms with Gasteiger partial charge in [0.25, 0.3) is 6.43 Å². The lowest BCUT2D eigenvalue weighted by molar-refractivity contribution is 0.0883. The molecule has 1 atom stereocenters. The molecule has 24 heavy (non-hydrogen) atoms. The average Bonchev–Trinajstić information content (AvgIpc) is 3.09. The van der Waals surface area contributed by atoms with E-state index in [1.165, 1.54) is 10.6 Å². The van der Waals surface area contributed by atoms with E-state index in [9.17, 15) is 17.6 Å². The second kappa shape index (κ2) is 5.41. The maximum absolute atomic E-state index is 14.4. The molecule has 0 amide bonds. The zero-order valence-corrected chi connectivity index (χ0v) is 12.7. The van der Waals surface area contributed by atoms with Crippen LogP contribution in [0.1, 0.15) is 18.3 Å². The Kier molecular flexibility index (Phi) is 3.45. The summed E-state index contributed by atoms with van der Waals surface area (Å²) in [5.41, 5.74) is 0.0685. The molecule has 0 saturated carbocycles. The molecule has 4 rings (SSSR count). The van der Waals surface area contributed by atoms with Crippen LogP contribution in [0.5, 0.6) is 0 Å². The molecule has 0 radical (unpaired) electrons. The summed E-state index contributed by atoms with van der Waals surface area (Å²) in [6, 6.07) is 1.39. The summed E-state index contributed by atoms with van der Waals surface area (Å²) in [4.78, 5) is 11.4. The van der Waals surface area contributed by atoms with Crippen molar-refractivity contribution in [3.05, 3.63) is 41.1 Å². The molecular weight excluding hydrogens is 348 g/mol.